The lowest BCUT2D eigenvalue weighted by Crippen LogP contribution is -2.17. The third-order valence-corrected chi connectivity index (χ3v) is 4.98. The van der Waals surface area contributed by atoms with Crippen LogP contribution in [0.15, 0.2) is 11.6 Å². The lowest BCUT2D eigenvalue weighted by molar-refractivity contribution is -0.117. The molecule has 2 saturated carbocycles. The Labute approximate surface area is 98.3 Å². The van der Waals surface area contributed by atoms with Gasteiger partial charge in [-0.15, -0.1) is 0 Å². The first-order valence-electron chi connectivity index (χ1n) is 7.05. The predicted molar refractivity (Wildman–Crippen MR) is 65.1 cm³/mol. The lowest BCUT2D eigenvalue weighted by Gasteiger charge is -2.22. The summed E-state index contributed by atoms with van der Waals surface area (Å²) in [5.41, 5.74) is 1.16. The van der Waals surface area contributed by atoms with Gasteiger partial charge in [0.2, 0.25) is 0 Å². The molecule has 0 aliphatic heterocycles. The van der Waals surface area contributed by atoms with Crippen molar-refractivity contribution in [3.63, 3.8) is 0 Å². The van der Waals surface area contributed by atoms with E-state index >= 15 is 0 Å². The second-order valence-electron chi connectivity index (χ2n) is 6.04. The Morgan fingerprint density at radius 3 is 2.81 bits per heavy atom. The van der Waals surface area contributed by atoms with Gasteiger partial charge < -0.3 is 0 Å². The molecule has 0 spiro atoms. The highest BCUT2D eigenvalue weighted by Gasteiger charge is 2.40. The first kappa shape index (κ1) is 10.6. The van der Waals surface area contributed by atoms with Crippen molar-refractivity contribution in [1.29, 1.82) is 0 Å². The van der Waals surface area contributed by atoms with Gasteiger partial charge in [0.15, 0.2) is 5.78 Å². The van der Waals surface area contributed by atoms with Gasteiger partial charge in [-0.05, 0) is 68.3 Å². The molecular formula is C15H22O. The molecule has 1 nitrogen and oxygen atoms in total. The lowest BCUT2D eigenvalue weighted by atomic mass is 9.83. The molecule has 0 heterocycles. The smallest absolute Gasteiger partial charge is 0.158 e. The first-order valence-corrected chi connectivity index (χ1v) is 7.05. The third kappa shape index (κ3) is 1.97. The molecule has 0 saturated heterocycles. The van der Waals surface area contributed by atoms with Gasteiger partial charge in [0.05, 0.1) is 0 Å². The zero-order chi connectivity index (χ0) is 11.0. The van der Waals surface area contributed by atoms with E-state index in [1.165, 1.54) is 38.5 Å². The molecule has 0 N–H and O–H groups in total. The highest BCUT2D eigenvalue weighted by molar-refractivity contribution is 5.95. The van der Waals surface area contributed by atoms with Gasteiger partial charge >= 0.3 is 0 Å². The van der Waals surface area contributed by atoms with E-state index in [0.29, 0.717) is 5.78 Å². The average Bonchev–Trinajstić information content (AvgIpc) is 2.92. The number of allylic oxidation sites excluding steroid dienone is 2. The van der Waals surface area contributed by atoms with Crippen LogP contribution in [0.3, 0.4) is 0 Å². The van der Waals surface area contributed by atoms with Gasteiger partial charge in [-0.3, -0.25) is 4.79 Å². The van der Waals surface area contributed by atoms with E-state index < -0.39 is 0 Å². The molecule has 3 aliphatic carbocycles. The summed E-state index contributed by atoms with van der Waals surface area (Å²) in [6, 6.07) is 0. The average molecular weight is 218 g/mol. The number of fused-ring (bicyclic) bond motifs is 2. The fraction of sp³-hybridized carbons (Fsp3) is 0.800. The SMILES string of the molecule is O=C(CC1CC2CCC1C2)C1=CCCCC1. The molecule has 0 aromatic carbocycles. The maximum Gasteiger partial charge on any atom is 0.158 e. The van der Waals surface area contributed by atoms with Gasteiger partial charge in [-0.2, -0.15) is 0 Å². The van der Waals surface area contributed by atoms with Gasteiger partial charge in [0.1, 0.15) is 0 Å². The fourth-order valence-corrected chi connectivity index (χ4v) is 4.09. The molecule has 16 heavy (non-hydrogen) atoms. The minimum atomic E-state index is 0.484. The number of carbonyl (C=O) groups is 1. The van der Waals surface area contributed by atoms with E-state index in [4.69, 9.17) is 0 Å². The summed E-state index contributed by atoms with van der Waals surface area (Å²) in [7, 11) is 0. The Kier molecular flexibility index (Phi) is 2.87. The predicted octanol–water partition coefficient (Wildman–Crippen LogP) is 3.88. The van der Waals surface area contributed by atoms with E-state index in [1.807, 2.05) is 0 Å². The number of carbonyl (C=O) groups excluding carboxylic acids is 1. The Balaban J connectivity index is 1.58. The maximum atomic E-state index is 12.2. The van der Waals surface area contributed by atoms with Crippen LogP contribution in [0.25, 0.3) is 0 Å². The summed E-state index contributed by atoms with van der Waals surface area (Å²) >= 11 is 0. The highest BCUT2D eigenvalue weighted by Crippen LogP contribution is 2.49. The van der Waals surface area contributed by atoms with Crippen LogP contribution in [-0.2, 0) is 4.79 Å². The molecule has 88 valence electrons. The van der Waals surface area contributed by atoms with Crippen molar-refractivity contribution in [3.05, 3.63) is 11.6 Å². The second-order valence-corrected chi connectivity index (χ2v) is 6.04. The Hall–Kier alpha value is -0.590. The molecule has 0 amide bonds. The zero-order valence-electron chi connectivity index (χ0n) is 10.1. The molecule has 2 fully saturated rings. The topological polar surface area (TPSA) is 17.1 Å². The first-order chi connectivity index (χ1) is 7.83. The largest absolute Gasteiger partial charge is 0.295 e. The molecule has 3 unspecified atom stereocenters. The normalized spacial score (nSPS) is 37.5. The summed E-state index contributed by atoms with van der Waals surface area (Å²) < 4.78 is 0. The molecule has 2 bridgehead atoms. The van der Waals surface area contributed by atoms with Crippen LogP contribution in [0.1, 0.15) is 57.8 Å². The van der Waals surface area contributed by atoms with Crippen molar-refractivity contribution in [3.8, 4) is 0 Å². The third-order valence-electron chi connectivity index (χ3n) is 4.98. The van der Waals surface area contributed by atoms with Gasteiger partial charge in [-0.1, -0.05) is 12.5 Å². The summed E-state index contributed by atoms with van der Waals surface area (Å²) in [5, 5.41) is 0. The molecule has 0 radical (unpaired) electrons. The summed E-state index contributed by atoms with van der Waals surface area (Å²) in [4.78, 5) is 12.2. The van der Waals surface area contributed by atoms with Gasteiger partial charge in [0, 0.05) is 6.42 Å². The Morgan fingerprint density at radius 2 is 2.19 bits per heavy atom. The standard InChI is InChI=1S/C15H22O/c16-15(12-4-2-1-3-5-12)10-14-9-11-6-7-13(14)8-11/h4,11,13-14H,1-3,5-10H2. The van der Waals surface area contributed by atoms with Crippen LogP contribution in [0.5, 0.6) is 0 Å². The number of hydrogen-bond donors (Lipinski definition) is 0. The summed E-state index contributed by atoms with van der Waals surface area (Å²) in [5.74, 6) is 3.10. The van der Waals surface area contributed by atoms with Crippen LogP contribution >= 0.6 is 0 Å². The Morgan fingerprint density at radius 1 is 1.25 bits per heavy atom. The quantitative estimate of drug-likeness (QED) is 0.702. The van der Waals surface area contributed by atoms with Crippen LogP contribution in [0.4, 0.5) is 0 Å². The monoisotopic (exact) mass is 218 g/mol. The van der Waals surface area contributed by atoms with Crippen molar-refractivity contribution in [2.75, 3.05) is 0 Å². The van der Waals surface area contributed by atoms with Gasteiger partial charge in [0.25, 0.3) is 0 Å². The minimum Gasteiger partial charge on any atom is -0.295 e. The number of ketones is 1. The Bertz CT molecular complexity index is 315. The zero-order valence-corrected chi connectivity index (χ0v) is 10.1. The van der Waals surface area contributed by atoms with E-state index in [2.05, 4.69) is 6.08 Å². The molecule has 3 atom stereocenters. The molecule has 3 aliphatic rings. The van der Waals surface area contributed by atoms with E-state index in [0.717, 1.165) is 42.6 Å². The van der Waals surface area contributed by atoms with Crippen molar-refractivity contribution in [2.24, 2.45) is 17.8 Å². The number of Topliss-reactive ketones (excluding diaryl/α,β-unsaturated/α-hetero) is 1. The number of hydrogen-bond acceptors (Lipinski definition) is 1. The van der Waals surface area contributed by atoms with Crippen molar-refractivity contribution in [2.45, 2.75) is 57.8 Å². The molecule has 0 aromatic heterocycles. The van der Waals surface area contributed by atoms with Gasteiger partial charge in [-0.25, -0.2) is 0 Å². The number of rotatable bonds is 3. The van der Waals surface area contributed by atoms with Crippen LogP contribution in [0.2, 0.25) is 0 Å². The van der Waals surface area contributed by atoms with E-state index in [-0.39, 0.29) is 0 Å². The molecule has 0 aromatic rings. The summed E-state index contributed by atoms with van der Waals surface area (Å²) in [6.07, 6.45) is 13.4. The van der Waals surface area contributed by atoms with Crippen molar-refractivity contribution >= 4 is 5.78 Å². The van der Waals surface area contributed by atoms with Crippen LogP contribution in [0, 0.1) is 17.8 Å². The van der Waals surface area contributed by atoms with Crippen molar-refractivity contribution < 1.29 is 4.79 Å². The van der Waals surface area contributed by atoms with Crippen molar-refractivity contribution in [1.82, 2.24) is 0 Å². The summed E-state index contributed by atoms with van der Waals surface area (Å²) in [6.45, 7) is 0. The van der Waals surface area contributed by atoms with E-state index in [9.17, 15) is 4.79 Å². The van der Waals surface area contributed by atoms with Crippen LogP contribution in [-0.4, -0.2) is 5.78 Å². The highest BCUT2D eigenvalue weighted by atomic mass is 16.1. The van der Waals surface area contributed by atoms with E-state index in [1.54, 1.807) is 0 Å². The second kappa shape index (κ2) is 4.35. The molecule has 3 rings (SSSR count). The minimum absolute atomic E-state index is 0.484. The van der Waals surface area contributed by atoms with Crippen LogP contribution < -0.4 is 0 Å². The molecule has 1 heteroatoms. The maximum absolute atomic E-state index is 12.2. The molecular weight excluding hydrogens is 196 g/mol. The fourth-order valence-electron chi connectivity index (χ4n) is 4.09.